The van der Waals surface area contributed by atoms with Gasteiger partial charge in [-0.15, -0.1) is 11.3 Å². The monoisotopic (exact) mass is 392 g/mol. The van der Waals surface area contributed by atoms with Crippen molar-refractivity contribution in [3.8, 4) is 11.1 Å². The van der Waals surface area contributed by atoms with E-state index < -0.39 is 5.82 Å². The fourth-order valence-electron chi connectivity index (χ4n) is 3.28. The second kappa shape index (κ2) is 7.13. The van der Waals surface area contributed by atoms with Gasteiger partial charge in [-0.25, -0.2) is 9.37 Å². The zero-order valence-electron chi connectivity index (χ0n) is 15.4. The smallest absolute Gasteiger partial charge is 0.263 e. The molecule has 2 heterocycles. The maximum Gasteiger partial charge on any atom is 0.263 e. The molecule has 0 N–H and O–H groups in total. The van der Waals surface area contributed by atoms with Gasteiger partial charge in [0.1, 0.15) is 10.6 Å². The van der Waals surface area contributed by atoms with Crippen molar-refractivity contribution in [2.45, 2.75) is 20.4 Å². The Hall–Kier alpha value is -3.12. The maximum absolute atomic E-state index is 13.1. The summed E-state index contributed by atoms with van der Waals surface area (Å²) in [6, 6.07) is 11.4. The first-order valence-electron chi connectivity index (χ1n) is 8.77. The van der Waals surface area contributed by atoms with E-state index in [4.69, 9.17) is 0 Å². The number of halogens is 1. The fraction of sp³-hybridized carbons (Fsp3) is 0.136. The Bertz CT molecular complexity index is 1260. The van der Waals surface area contributed by atoms with Gasteiger partial charge in [0.15, 0.2) is 5.78 Å². The third-order valence-electron chi connectivity index (χ3n) is 4.71. The van der Waals surface area contributed by atoms with Gasteiger partial charge in [-0.1, -0.05) is 23.8 Å². The Balaban J connectivity index is 1.77. The highest BCUT2D eigenvalue weighted by molar-refractivity contribution is 7.17. The molecule has 0 aliphatic rings. The van der Waals surface area contributed by atoms with Crippen molar-refractivity contribution in [2.24, 2.45) is 0 Å². The molecule has 4 nitrogen and oxygen atoms in total. The van der Waals surface area contributed by atoms with Gasteiger partial charge in [-0.3, -0.25) is 14.2 Å². The summed E-state index contributed by atoms with van der Waals surface area (Å²) in [5, 5.41) is 2.45. The lowest BCUT2D eigenvalue weighted by atomic mass is 9.99. The molecule has 0 aliphatic carbocycles. The normalized spacial score (nSPS) is 11.1. The summed E-state index contributed by atoms with van der Waals surface area (Å²) < 4.78 is 14.4. The zero-order chi connectivity index (χ0) is 19.8. The summed E-state index contributed by atoms with van der Waals surface area (Å²) in [7, 11) is 0. The van der Waals surface area contributed by atoms with Gasteiger partial charge >= 0.3 is 0 Å². The van der Waals surface area contributed by atoms with E-state index in [1.54, 1.807) is 0 Å². The molecule has 0 saturated carbocycles. The van der Waals surface area contributed by atoms with Crippen LogP contribution in [0.4, 0.5) is 4.39 Å². The molecule has 0 unspecified atom stereocenters. The number of rotatable bonds is 4. The van der Waals surface area contributed by atoms with E-state index >= 15 is 0 Å². The Morgan fingerprint density at radius 1 is 1.11 bits per heavy atom. The Morgan fingerprint density at radius 3 is 2.57 bits per heavy atom. The first-order chi connectivity index (χ1) is 13.4. The number of hydrogen-bond donors (Lipinski definition) is 0. The predicted octanol–water partition coefficient (Wildman–Crippen LogP) is 4.76. The molecule has 0 aliphatic heterocycles. The minimum atomic E-state index is -0.409. The third-order valence-corrected chi connectivity index (χ3v) is 5.60. The number of thiophene rings is 1. The summed E-state index contributed by atoms with van der Waals surface area (Å²) in [5.74, 6) is -0.681. The molecular weight excluding hydrogens is 375 g/mol. The molecule has 0 spiro atoms. The summed E-state index contributed by atoms with van der Waals surface area (Å²) in [4.78, 5) is 30.6. The molecule has 2 aromatic carbocycles. The van der Waals surface area contributed by atoms with E-state index in [2.05, 4.69) is 11.1 Å². The average molecular weight is 392 g/mol. The van der Waals surface area contributed by atoms with Crippen molar-refractivity contribution in [1.29, 1.82) is 0 Å². The number of aryl methyl sites for hydroxylation is 2. The van der Waals surface area contributed by atoms with Gasteiger partial charge in [-0.05, 0) is 49.2 Å². The quantitative estimate of drug-likeness (QED) is 0.470. The van der Waals surface area contributed by atoms with Crippen LogP contribution in [0.3, 0.4) is 0 Å². The number of ketones is 1. The molecule has 6 heteroatoms. The van der Waals surface area contributed by atoms with Gasteiger partial charge in [0.25, 0.3) is 5.56 Å². The number of hydrogen-bond acceptors (Lipinski definition) is 4. The molecule has 140 valence electrons. The highest BCUT2D eigenvalue weighted by Gasteiger charge is 2.16. The number of benzene rings is 2. The van der Waals surface area contributed by atoms with Crippen molar-refractivity contribution < 1.29 is 9.18 Å². The van der Waals surface area contributed by atoms with Gasteiger partial charge in [0, 0.05) is 16.5 Å². The van der Waals surface area contributed by atoms with Crippen LogP contribution in [0.2, 0.25) is 0 Å². The standard InChI is InChI=1S/C22H17FN2O2S/c1-13-3-8-17(14(2)9-13)18-11-28-21-20(18)22(27)25(12-24-21)10-19(26)15-4-6-16(23)7-5-15/h3-9,11-12H,10H2,1-2H3. The van der Waals surface area contributed by atoms with E-state index in [1.807, 2.05) is 31.4 Å². The predicted molar refractivity (Wildman–Crippen MR) is 110 cm³/mol. The van der Waals surface area contributed by atoms with Crippen LogP contribution in [0.15, 0.2) is 59.0 Å². The third kappa shape index (κ3) is 3.27. The minimum absolute atomic E-state index is 0.143. The number of Topliss-reactive ketones (excluding diaryl/α,β-unsaturated/α-hetero) is 1. The Labute approximate surface area is 164 Å². The largest absolute Gasteiger partial charge is 0.292 e. The molecule has 0 bridgehead atoms. The van der Waals surface area contributed by atoms with Gasteiger partial charge in [0.2, 0.25) is 0 Å². The molecule has 0 amide bonds. The summed E-state index contributed by atoms with van der Waals surface area (Å²) in [6.07, 6.45) is 1.40. The molecule has 28 heavy (non-hydrogen) atoms. The van der Waals surface area contributed by atoms with Crippen molar-refractivity contribution in [3.63, 3.8) is 0 Å². The van der Waals surface area contributed by atoms with E-state index in [-0.39, 0.29) is 17.9 Å². The fourth-order valence-corrected chi connectivity index (χ4v) is 4.17. The van der Waals surface area contributed by atoms with Crippen molar-refractivity contribution in [3.05, 3.63) is 87.0 Å². The number of aromatic nitrogens is 2. The molecule has 0 radical (unpaired) electrons. The second-order valence-corrected chi connectivity index (χ2v) is 7.61. The molecule has 0 atom stereocenters. The highest BCUT2D eigenvalue weighted by Crippen LogP contribution is 2.33. The van der Waals surface area contributed by atoms with Crippen LogP contribution >= 0.6 is 11.3 Å². The Morgan fingerprint density at radius 2 is 1.86 bits per heavy atom. The number of fused-ring (bicyclic) bond motifs is 1. The molecule has 0 fully saturated rings. The summed E-state index contributed by atoms with van der Waals surface area (Å²) in [6.45, 7) is 3.90. The van der Waals surface area contributed by atoms with E-state index in [0.717, 1.165) is 22.3 Å². The lowest BCUT2D eigenvalue weighted by Crippen LogP contribution is -2.24. The molecule has 2 aromatic heterocycles. The van der Waals surface area contributed by atoms with E-state index in [0.29, 0.717) is 15.8 Å². The van der Waals surface area contributed by atoms with Crippen molar-refractivity contribution in [2.75, 3.05) is 0 Å². The van der Waals surface area contributed by atoms with Crippen LogP contribution in [0.1, 0.15) is 21.5 Å². The van der Waals surface area contributed by atoms with E-state index in [9.17, 15) is 14.0 Å². The maximum atomic E-state index is 13.1. The summed E-state index contributed by atoms with van der Waals surface area (Å²) >= 11 is 1.41. The van der Waals surface area contributed by atoms with Gasteiger partial charge in [-0.2, -0.15) is 0 Å². The second-order valence-electron chi connectivity index (χ2n) is 6.76. The van der Waals surface area contributed by atoms with Crippen LogP contribution in [0, 0.1) is 19.7 Å². The number of carbonyl (C=O) groups is 1. The first kappa shape index (κ1) is 18.3. The Kier molecular flexibility index (Phi) is 4.65. The van der Waals surface area contributed by atoms with Crippen molar-refractivity contribution >= 4 is 27.3 Å². The minimum Gasteiger partial charge on any atom is -0.292 e. The van der Waals surface area contributed by atoms with Gasteiger partial charge < -0.3 is 0 Å². The van der Waals surface area contributed by atoms with Crippen LogP contribution in [0.25, 0.3) is 21.3 Å². The number of carbonyl (C=O) groups excluding carboxylic acids is 1. The lowest BCUT2D eigenvalue weighted by molar-refractivity contribution is 0.0970. The topological polar surface area (TPSA) is 52.0 Å². The molecule has 4 rings (SSSR count). The summed E-state index contributed by atoms with van der Waals surface area (Å²) in [5.41, 5.74) is 4.15. The molecular formula is C22H17FN2O2S. The van der Waals surface area contributed by atoms with Crippen LogP contribution in [-0.4, -0.2) is 15.3 Å². The van der Waals surface area contributed by atoms with Crippen LogP contribution < -0.4 is 5.56 Å². The first-order valence-corrected chi connectivity index (χ1v) is 9.65. The number of nitrogens with zero attached hydrogens (tertiary/aromatic N) is 2. The van der Waals surface area contributed by atoms with Crippen LogP contribution in [-0.2, 0) is 6.54 Å². The highest BCUT2D eigenvalue weighted by atomic mass is 32.1. The van der Waals surface area contributed by atoms with Gasteiger partial charge in [0.05, 0.1) is 18.3 Å². The van der Waals surface area contributed by atoms with Crippen molar-refractivity contribution in [1.82, 2.24) is 9.55 Å². The molecule has 0 saturated heterocycles. The van der Waals surface area contributed by atoms with E-state index in [1.165, 1.54) is 46.5 Å². The average Bonchev–Trinajstić information content (AvgIpc) is 3.09. The zero-order valence-corrected chi connectivity index (χ0v) is 16.2. The van der Waals surface area contributed by atoms with Crippen LogP contribution in [0.5, 0.6) is 0 Å². The lowest BCUT2D eigenvalue weighted by Gasteiger charge is -2.08. The SMILES string of the molecule is Cc1ccc(-c2csc3ncn(CC(=O)c4ccc(F)cc4)c(=O)c23)c(C)c1. The molecule has 4 aromatic rings.